The molecule has 0 aromatic heterocycles. The normalized spacial score (nSPS) is 17.1. The zero-order chi connectivity index (χ0) is 21.5. The van der Waals surface area contributed by atoms with Crippen molar-refractivity contribution < 1.29 is 14.0 Å². The van der Waals surface area contributed by atoms with E-state index in [4.69, 9.17) is 0 Å². The molecule has 0 bridgehead atoms. The summed E-state index contributed by atoms with van der Waals surface area (Å²) in [7, 11) is 0. The van der Waals surface area contributed by atoms with Gasteiger partial charge in [0.15, 0.2) is 0 Å². The van der Waals surface area contributed by atoms with E-state index in [0.717, 1.165) is 30.8 Å². The Labute approximate surface area is 177 Å². The fourth-order valence-corrected chi connectivity index (χ4v) is 3.77. The number of hydrogen-bond donors (Lipinski definition) is 2. The van der Waals surface area contributed by atoms with Crippen LogP contribution >= 0.6 is 0 Å². The Hall–Kier alpha value is -2.89. The summed E-state index contributed by atoms with van der Waals surface area (Å²) in [4.78, 5) is 27.4. The molecule has 2 atom stereocenters. The lowest BCUT2D eigenvalue weighted by Gasteiger charge is -2.21. The first kappa shape index (κ1) is 21.8. The Kier molecular flexibility index (Phi) is 7.44. The Morgan fingerprint density at radius 2 is 1.80 bits per heavy atom. The van der Waals surface area contributed by atoms with E-state index in [1.165, 1.54) is 12.1 Å². The number of rotatable bonds is 8. The second kappa shape index (κ2) is 10.2. The molecule has 1 fully saturated rings. The second-order valence-electron chi connectivity index (χ2n) is 8.33. The van der Waals surface area contributed by atoms with Gasteiger partial charge in [-0.15, -0.1) is 0 Å². The minimum absolute atomic E-state index is 0.127. The van der Waals surface area contributed by atoms with E-state index in [0.29, 0.717) is 18.9 Å². The standard InChI is InChI=1S/C24H30FN3O2/c1-17(2)14-22(29)27-23(19-6-4-3-5-7-19)24(30)26-15-18-12-13-28(16-18)21-10-8-20(25)9-11-21/h3-11,17-18,23H,12-16H2,1-2H3,(H,26,30)(H,27,29). The zero-order valence-electron chi connectivity index (χ0n) is 17.6. The van der Waals surface area contributed by atoms with Gasteiger partial charge in [0.25, 0.3) is 0 Å². The van der Waals surface area contributed by atoms with Crippen LogP contribution in [0.4, 0.5) is 10.1 Å². The summed E-state index contributed by atoms with van der Waals surface area (Å²) in [5.74, 6) is -0.0358. The summed E-state index contributed by atoms with van der Waals surface area (Å²) in [5.41, 5.74) is 1.76. The van der Waals surface area contributed by atoms with Crippen molar-refractivity contribution in [1.82, 2.24) is 10.6 Å². The van der Waals surface area contributed by atoms with Crippen LogP contribution in [0.15, 0.2) is 54.6 Å². The summed E-state index contributed by atoms with van der Waals surface area (Å²) in [6, 6.07) is 15.1. The van der Waals surface area contributed by atoms with Gasteiger partial charge in [-0.2, -0.15) is 0 Å². The van der Waals surface area contributed by atoms with Crippen molar-refractivity contribution in [2.24, 2.45) is 11.8 Å². The molecule has 1 saturated heterocycles. The van der Waals surface area contributed by atoms with E-state index in [1.807, 2.05) is 44.2 Å². The molecular weight excluding hydrogens is 381 g/mol. The van der Waals surface area contributed by atoms with E-state index in [2.05, 4.69) is 15.5 Å². The molecule has 160 valence electrons. The van der Waals surface area contributed by atoms with Gasteiger partial charge < -0.3 is 15.5 Å². The van der Waals surface area contributed by atoms with Crippen molar-refractivity contribution in [2.75, 3.05) is 24.5 Å². The first-order valence-corrected chi connectivity index (χ1v) is 10.5. The van der Waals surface area contributed by atoms with Gasteiger partial charge >= 0.3 is 0 Å². The maximum absolute atomic E-state index is 13.1. The molecule has 2 aromatic rings. The van der Waals surface area contributed by atoms with Crippen molar-refractivity contribution in [3.8, 4) is 0 Å². The Morgan fingerprint density at radius 3 is 2.47 bits per heavy atom. The van der Waals surface area contributed by atoms with Crippen molar-refractivity contribution in [3.63, 3.8) is 0 Å². The largest absolute Gasteiger partial charge is 0.371 e. The maximum Gasteiger partial charge on any atom is 0.247 e. The molecule has 30 heavy (non-hydrogen) atoms. The van der Waals surface area contributed by atoms with E-state index < -0.39 is 6.04 Å². The van der Waals surface area contributed by atoms with Gasteiger partial charge in [0.1, 0.15) is 11.9 Å². The molecule has 2 aromatic carbocycles. The van der Waals surface area contributed by atoms with E-state index >= 15 is 0 Å². The molecule has 0 saturated carbocycles. The number of halogens is 1. The van der Waals surface area contributed by atoms with Crippen LogP contribution in [0.3, 0.4) is 0 Å². The third-order valence-corrected chi connectivity index (χ3v) is 5.34. The monoisotopic (exact) mass is 411 g/mol. The lowest BCUT2D eigenvalue weighted by atomic mass is 10.0. The predicted octanol–water partition coefficient (Wildman–Crippen LogP) is 3.67. The van der Waals surface area contributed by atoms with Gasteiger partial charge in [0.05, 0.1) is 0 Å². The molecule has 6 heteroatoms. The number of carbonyl (C=O) groups excluding carboxylic acids is 2. The number of nitrogens with zero attached hydrogens (tertiary/aromatic N) is 1. The van der Waals surface area contributed by atoms with E-state index in [1.54, 1.807) is 12.1 Å². The van der Waals surface area contributed by atoms with Crippen LogP contribution in [0.5, 0.6) is 0 Å². The van der Waals surface area contributed by atoms with Gasteiger partial charge in [-0.25, -0.2) is 4.39 Å². The summed E-state index contributed by atoms with van der Waals surface area (Å²) in [6.45, 7) is 6.18. The molecule has 1 aliphatic rings. The third-order valence-electron chi connectivity index (χ3n) is 5.34. The highest BCUT2D eigenvalue weighted by Gasteiger charge is 2.26. The van der Waals surface area contributed by atoms with Crippen LogP contribution in [0.25, 0.3) is 0 Å². The summed E-state index contributed by atoms with van der Waals surface area (Å²) in [5, 5.41) is 5.91. The van der Waals surface area contributed by atoms with E-state index in [9.17, 15) is 14.0 Å². The SMILES string of the molecule is CC(C)CC(=O)NC(C(=O)NCC1CCN(c2ccc(F)cc2)C1)c1ccccc1. The molecule has 2 N–H and O–H groups in total. The predicted molar refractivity (Wildman–Crippen MR) is 117 cm³/mol. The minimum Gasteiger partial charge on any atom is -0.371 e. The molecule has 1 aliphatic heterocycles. The van der Waals surface area contributed by atoms with Crippen molar-refractivity contribution in [3.05, 3.63) is 66.0 Å². The maximum atomic E-state index is 13.1. The van der Waals surface area contributed by atoms with Crippen LogP contribution < -0.4 is 15.5 Å². The van der Waals surface area contributed by atoms with Gasteiger partial charge in [-0.3, -0.25) is 9.59 Å². The number of carbonyl (C=O) groups is 2. The molecule has 3 rings (SSSR count). The van der Waals surface area contributed by atoms with Crippen LogP contribution in [0.2, 0.25) is 0 Å². The number of benzene rings is 2. The number of hydrogen-bond acceptors (Lipinski definition) is 3. The molecule has 1 heterocycles. The van der Waals surface area contributed by atoms with Crippen molar-refractivity contribution in [2.45, 2.75) is 32.7 Å². The fourth-order valence-electron chi connectivity index (χ4n) is 3.77. The first-order chi connectivity index (χ1) is 14.4. The van der Waals surface area contributed by atoms with Crippen LogP contribution in [0, 0.1) is 17.7 Å². The average Bonchev–Trinajstić information content (AvgIpc) is 3.20. The minimum atomic E-state index is -0.702. The molecule has 2 unspecified atom stereocenters. The molecule has 0 aliphatic carbocycles. The van der Waals surface area contributed by atoms with Gasteiger partial charge in [0.2, 0.25) is 11.8 Å². The van der Waals surface area contributed by atoms with Crippen molar-refractivity contribution >= 4 is 17.5 Å². The van der Waals surface area contributed by atoms with Crippen LogP contribution in [-0.4, -0.2) is 31.4 Å². The van der Waals surface area contributed by atoms with E-state index in [-0.39, 0.29) is 23.5 Å². The lowest BCUT2D eigenvalue weighted by Crippen LogP contribution is -2.42. The topological polar surface area (TPSA) is 61.4 Å². The average molecular weight is 412 g/mol. The fraction of sp³-hybridized carbons (Fsp3) is 0.417. The summed E-state index contributed by atoms with van der Waals surface area (Å²) < 4.78 is 13.1. The number of anilines is 1. The molecule has 5 nitrogen and oxygen atoms in total. The van der Waals surface area contributed by atoms with Gasteiger partial charge in [-0.1, -0.05) is 44.2 Å². The van der Waals surface area contributed by atoms with Crippen LogP contribution in [0.1, 0.15) is 38.3 Å². The molecular formula is C24H30FN3O2. The third kappa shape index (κ3) is 6.05. The molecule has 0 spiro atoms. The van der Waals surface area contributed by atoms with Crippen LogP contribution in [-0.2, 0) is 9.59 Å². The number of amides is 2. The highest BCUT2D eigenvalue weighted by atomic mass is 19.1. The van der Waals surface area contributed by atoms with Gasteiger partial charge in [0, 0.05) is 31.7 Å². The Bertz CT molecular complexity index is 839. The quantitative estimate of drug-likeness (QED) is 0.697. The second-order valence-corrected chi connectivity index (χ2v) is 8.33. The zero-order valence-corrected chi connectivity index (χ0v) is 17.6. The smallest absolute Gasteiger partial charge is 0.247 e. The lowest BCUT2D eigenvalue weighted by molar-refractivity contribution is -0.129. The highest BCUT2D eigenvalue weighted by Crippen LogP contribution is 2.24. The first-order valence-electron chi connectivity index (χ1n) is 10.5. The molecule has 0 radical (unpaired) electrons. The summed E-state index contributed by atoms with van der Waals surface area (Å²) in [6.07, 6.45) is 1.33. The van der Waals surface area contributed by atoms with Gasteiger partial charge in [-0.05, 0) is 48.1 Å². The Balaban J connectivity index is 1.57. The number of nitrogens with one attached hydrogen (secondary N) is 2. The summed E-state index contributed by atoms with van der Waals surface area (Å²) >= 11 is 0. The molecule has 2 amide bonds. The Morgan fingerprint density at radius 1 is 1.10 bits per heavy atom. The van der Waals surface area contributed by atoms with Crippen molar-refractivity contribution in [1.29, 1.82) is 0 Å². The highest BCUT2D eigenvalue weighted by molar-refractivity contribution is 5.88.